The minimum atomic E-state index is 0. The summed E-state index contributed by atoms with van der Waals surface area (Å²) in [6, 6.07) is 0. The normalized spacial score (nSPS) is 16.8. The van der Waals surface area contributed by atoms with Crippen molar-refractivity contribution in [3.8, 4) is 0 Å². The van der Waals surface area contributed by atoms with E-state index in [1.54, 1.807) is 11.3 Å². The van der Waals surface area contributed by atoms with Crippen LogP contribution in [0.1, 0.15) is 38.4 Å². The molecule has 2 heterocycles. The summed E-state index contributed by atoms with van der Waals surface area (Å²) in [7, 11) is 1.89. The largest absolute Gasteiger partial charge is 0.340 e. The Morgan fingerprint density at radius 2 is 1.88 bits per heavy atom. The molecule has 8 heteroatoms. The summed E-state index contributed by atoms with van der Waals surface area (Å²) < 4.78 is 0. The summed E-state index contributed by atoms with van der Waals surface area (Å²) in [5.41, 5.74) is 1.28. The molecule has 0 aromatic carbocycles. The van der Waals surface area contributed by atoms with Gasteiger partial charge in [-0.05, 0) is 7.05 Å². The molecule has 0 aliphatic carbocycles. The fraction of sp³-hybridized carbons (Fsp3) is 0.765. The molecule has 1 aromatic rings. The second-order valence-electron chi connectivity index (χ2n) is 7.45. The Kier molecular flexibility index (Phi) is 10.5. The first-order chi connectivity index (χ1) is 10.8. The molecular weight excluding hydrogens is 379 g/mol. The van der Waals surface area contributed by atoms with E-state index in [0.717, 1.165) is 45.0 Å². The van der Waals surface area contributed by atoms with Gasteiger partial charge in [0, 0.05) is 56.0 Å². The van der Waals surface area contributed by atoms with E-state index >= 15 is 0 Å². The molecular formula is C17H32Cl2N4OS. The first-order valence-corrected chi connectivity index (χ1v) is 9.30. The first-order valence-electron chi connectivity index (χ1n) is 8.42. The molecule has 25 heavy (non-hydrogen) atoms. The van der Waals surface area contributed by atoms with Crippen molar-refractivity contribution < 1.29 is 4.79 Å². The van der Waals surface area contributed by atoms with Crippen LogP contribution in [0.5, 0.6) is 0 Å². The number of hydrogen-bond donors (Lipinski definition) is 1. The highest BCUT2D eigenvalue weighted by atomic mass is 35.5. The summed E-state index contributed by atoms with van der Waals surface area (Å²) in [5.74, 6) is 0.321. The van der Waals surface area contributed by atoms with Crippen LogP contribution in [0.3, 0.4) is 0 Å². The van der Waals surface area contributed by atoms with Crippen LogP contribution >= 0.6 is 36.2 Å². The van der Waals surface area contributed by atoms with E-state index in [4.69, 9.17) is 4.98 Å². The van der Waals surface area contributed by atoms with Crippen molar-refractivity contribution in [1.82, 2.24) is 20.1 Å². The van der Waals surface area contributed by atoms with E-state index < -0.39 is 0 Å². The number of carbonyl (C=O) groups excluding carboxylic acids is 1. The molecule has 0 saturated carbocycles. The Bertz CT molecular complexity index is 525. The second-order valence-corrected chi connectivity index (χ2v) is 8.31. The topological polar surface area (TPSA) is 48.5 Å². The van der Waals surface area contributed by atoms with Gasteiger partial charge in [-0.1, -0.05) is 27.7 Å². The van der Waals surface area contributed by atoms with Crippen LogP contribution in [-0.4, -0.2) is 60.5 Å². The third-order valence-corrected chi connectivity index (χ3v) is 5.51. The fourth-order valence-corrected chi connectivity index (χ4v) is 3.68. The molecule has 1 aliphatic heterocycles. The number of amides is 1. The van der Waals surface area contributed by atoms with Crippen molar-refractivity contribution in [3.63, 3.8) is 0 Å². The molecule has 1 fully saturated rings. The van der Waals surface area contributed by atoms with Gasteiger partial charge in [0.25, 0.3) is 0 Å². The van der Waals surface area contributed by atoms with Crippen LogP contribution in [0, 0.1) is 5.92 Å². The number of aromatic nitrogens is 1. The Morgan fingerprint density at radius 1 is 1.28 bits per heavy atom. The van der Waals surface area contributed by atoms with Gasteiger partial charge in [0.15, 0.2) is 0 Å². The maximum atomic E-state index is 12.3. The number of halogens is 2. The molecule has 5 nitrogen and oxygen atoms in total. The fourth-order valence-electron chi connectivity index (χ4n) is 2.78. The lowest BCUT2D eigenvalue weighted by atomic mass is 9.98. The minimum absolute atomic E-state index is 0. The lowest BCUT2D eigenvalue weighted by molar-refractivity contribution is -0.136. The highest BCUT2D eigenvalue weighted by Crippen LogP contribution is 2.26. The van der Waals surface area contributed by atoms with Crippen molar-refractivity contribution in [1.29, 1.82) is 0 Å². The number of nitrogens with zero attached hydrogens (tertiary/aromatic N) is 3. The van der Waals surface area contributed by atoms with Crippen LogP contribution in [0.25, 0.3) is 0 Å². The highest BCUT2D eigenvalue weighted by Gasteiger charge is 2.25. The summed E-state index contributed by atoms with van der Waals surface area (Å²) in [4.78, 5) is 21.5. The van der Waals surface area contributed by atoms with Gasteiger partial charge < -0.3 is 10.2 Å². The maximum Gasteiger partial charge on any atom is 0.226 e. The van der Waals surface area contributed by atoms with Gasteiger partial charge in [0.2, 0.25) is 5.91 Å². The van der Waals surface area contributed by atoms with Gasteiger partial charge >= 0.3 is 0 Å². The average molecular weight is 411 g/mol. The molecule has 0 spiro atoms. The smallest absolute Gasteiger partial charge is 0.226 e. The average Bonchev–Trinajstić information content (AvgIpc) is 2.96. The van der Waals surface area contributed by atoms with Crippen molar-refractivity contribution >= 4 is 42.1 Å². The molecule has 1 aromatic heterocycles. The van der Waals surface area contributed by atoms with Gasteiger partial charge in [-0.2, -0.15) is 0 Å². The predicted octanol–water partition coefficient (Wildman–Crippen LogP) is 2.78. The van der Waals surface area contributed by atoms with Crippen molar-refractivity contribution in [2.75, 3.05) is 39.8 Å². The van der Waals surface area contributed by atoms with E-state index in [-0.39, 0.29) is 42.1 Å². The minimum Gasteiger partial charge on any atom is -0.340 e. The molecule has 0 bridgehead atoms. The highest BCUT2D eigenvalue weighted by molar-refractivity contribution is 7.09. The third kappa shape index (κ3) is 7.02. The number of carbonyl (C=O) groups is 1. The molecule has 1 atom stereocenters. The molecule has 146 valence electrons. The summed E-state index contributed by atoms with van der Waals surface area (Å²) in [6.45, 7) is 13.7. The Hall–Kier alpha value is -0.400. The summed E-state index contributed by atoms with van der Waals surface area (Å²) >= 11 is 1.75. The Labute approximate surface area is 168 Å². The van der Waals surface area contributed by atoms with Crippen molar-refractivity contribution in [2.24, 2.45) is 5.92 Å². The summed E-state index contributed by atoms with van der Waals surface area (Å²) in [6.07, 6.45) is 0. The molecule has 1 saturated heterocycles. The van der Waals surface area contributed by atoms with E-state index in [2.05, 4.69) is 36.4 Å². The monoisotopic (exact) mass is 410 g/mol. The van der Waals surface area contributed by atoms with E-state index in [1.807, 2.05) is 18.9 Å². The van der Waals surface area contributed by atoms with Crippen molar-refractivity contribution in [3.05, 3.63) is 16.1 Å². The molecule has 1 aliphatic rings. The molecule has 1 unspecified atom stereocenters. The zero-order valence-corrected chi connectivity index (χ0v) is 18.3. The lowest BCUT2D eigenvalue weighted by Gasteiger charge is -2.35. The van der Waals surface area contributed by atoms with Crippen LogP contribution in [0.15, 0.2) is 5.38 Å². The van der Waals surface area contributed by atoms with Gasteiger partial charge in [0.1, 0.15) is 0 Å². The van der Waals surface area contributed by atoms with E-state index in [0.29, 0.717) is 0 Å². The number of nitrogens with one attached hydrogen (secondary N) is 1. The van der Waals surface area contributed by atoms with Gasteiger partial charge in [0.05, 0.1) is 10.7 Å². The maximum absolute atomic E-state index is 12.3. The number of thiazole rings is 1. The van der Waals surface area contributed by atoms with Gasteiger partial charge in [-0.25, -0.2) is 4.98 Å². The standard InChI is InChI=1S/C17H30N4OS.2ClH/c1-13(10-18-5)15(22)21-8-6-20(7-9-21)11-14-12-23-16(19-14)17(2,3)4;;/h12-13,18H,6-11H2,1-5H3;2*1H. The number of piperazine rings is 1. The molecule has 2 rings (SSSR count). The number of hydrogen-bond acceptors (Lipinski definition) is 5. The Balaban J connectivity index is 0.00000288. The van der Waals surface area contributed by atoms with Crippen LogP contribution in [-0.2, 0) is 16.8 Å². The lowest BCUT2D eigenvalue weighted by Crippen LogP contribution is -2.50. The van der Waals surface area contributed by atoms with Gasteiger partial charge in [-0.3, -0.25) is 9.69 Å². The predicted molar refractivity (Wildman–Crippen MR) is 110 cm³/mol. The molecule has 1 N–H and O–H groups in total. The third-order valence-electron chi connectivity index (χ3n) is 4.19. The molecule has 0 radical (unpaired) electrons. The SMILES string of the molecule is CNCC(C)C(=O)N1CCN(Cc2csc(C(C)(C)C)n2)CC1.Cl.Cl. The first kappa shape index (κ1) is 24.6. The quantitative estimate of drug-likeness (QED) is 0.810. The van der Waals surface area contributed by atoms with E-state index in [9.17, 15) is 4.79 Å². The van der Waals surface area contributed by atoms with Crippen molar-refractivity contribution in [2.45, 2.75) is 39.7 Å². The zero-order chi connectivity index (χ0) is 17.0. The number of rotatable bonds is 5. The van der Waals surface area contributed by atoms with Crippen LogP contribution in [0.4, 0.5) is 0 Å². The molecule has 1 amide bonds. The van der Waals surface area contributed by atoms with Gasteiger partial charge in [-0.15, -0.1) is 36.2 Å². The van der Waals surface area contributed by atoms with E-state index in [1.165, 1.54) is 5.01 Å². The summed E-state index contributed by atoms with van der Waals surface area (Å²) in [5, 5.41) is 6.45. The second kappa shape index (κ2) is 10.7. The Morgan fingerprint density at radius 3 is 2.36 bits per heavy atom. The van der Waals surface area contributed by atoms with Crippen LogP contribution in [0.2, 0.25) is 0 Å². The van der Waals surface area contributed by atoms with Crippen LogP contribution < -0.4 is 5.32 Å². The zero-order valence-electron chi connectivity index (χ0n) is 15.9.